The summed E-state index contributed by atoms with van der Waals surface area (Å²) in [6.07, 6.45) is 3.98. The zero-order chi connectivity index (χ0) is 11.5. The first-order valence-corrected chi connectivity index (χ1v) is 6.03. The van der Waals surface area contributed by atoms with Gasteiger partial charge < -0.3 is 5.73 Å². The number of piperidine rings is 1. The minimum Gasteiger partial charge on any atom is -0.327 e. The van der Waals surface area contributed by atoms with E-state index >= 15 is 0 Å². The maximum absolute atomic E-state index is 5.97. The van der Waals surface area contributed by atoms with Crippen LogP contribution in [0.25, 0.3) is 0 Å². The molecular formula is C11H21N5. The van der Waals surface area contributed by atoms with Gasteiger partial charge in [0, 0.05) is 18.6 Å². The van der Waals surface area contributed by atoms with Gasteiger partial charge in [0.25, 0.3) is 0 Å². The van der Waals surface area contributed by atoms with Gasteiger partial charge in [0.2, 0.25) is 0 Å². The highest BCUT2D eigenvalue weighted by Gasteiger charge is 2.19. The van der Waals surface area contributed by atoms with Gasteiger partial charge in [-0.3, -0.25) is 4.90 Å². The van der Waals surface area contributed by atoms with Gasteiger partial charge in [0.15, 0.2) is 0 Å². The van der Waals surface area contributed by atoms with Gasteiger partial charge in [0.05, 0.1) is 6.54 Å². The predicted octanol–water partition coefficient (Wildman–Crippen LogP) is 0.782. The van der Waals surface area contributed by atoms with Crippen molar-refractivity contribution in [2.24, 2.45) is 5.73 Å². The van der Waals surface area contributed by atoms with Gasteiger partial charge in [-0.1, -0.05) is 0 Å². The highest BCUT2D eigenvalue weighted by atomic mass is 15.4. The maximum atomic E-state index is 5.97. The Morgan fingerprint density at radius 1 is 1.56 bits per heavy atom. The number of hydrogen-bond donors (Lipinski definition) is 1. The van der Waals surface area contributed by atoms with Crippen LogP contribution in [0, 0.1) is 0 Å². The summed E-state index contributed by atoms with van der Waals surface area (Å²) in [7, 11) is 0. The SMILES string of the molecule is CC(C)n1ncnc1CN1CCC[C@@H](N)C1. The Balaban J connectivity index is 2.00. The van der Waals surface area contributed by atoms with Crippen LogP contribution in [0.4, 0.5) is 0 Å². The fraction of sp³-hybridized carbons (Fsp3) is 0.818. The Morgan fingerprint density at radius 3 is 3.06 bits per heavy atom. The zero-order valence-corrected chi connectivity index (χ0v) is 10.1. The van der Waals surface area contributed by atoms with Gasteiger partial charge in [-0.05, 0) is 33.2 Å². The van der Waals surface area contributed by atoms with E-state index in [0.717, 1.165) is 31.9 Å². The molecule has 0 unspecified atom stereocenters. The second-order valence-electron chi connectivity index (χ2n) is 4.85. The van der Waals surface area contributed by atoms with Gasteiger partial charge in [-0.25, -0.2) is 9.67 Å². The van der Waals surface area contributed by atoms with Crippen molar-refractivity contribution < 1.29 is 0 Å². The average Bonchev–Trinajstić information content (AvgIpc) is 2.66. The van der Waals surface area contributed by atoms with Crippen LogP contribution in [0.2, 0.25) is 0 Å². The maximum Gasteiger partial charge on any atom is 0.141 e. The second-order valence-corrected chi connectivity index (χ2v) is 4.85. The number of aromatic nitrogens is 3. The third kappa shape index (κ3) is 2.59. The summed E-state index contributed by atoms with van der Waals surface area (Å²) in [5, 5.41) is 4.25. The van der Waals surface area contributed by atoms with Crippen molar-refractivity contribution in [3.8, 4) is 0 Å². The Labute approximate surface area is 96.6 Å². The third-order valence-electron chi connectivity index (χ3n) is 3.04. The van der Waals surface area contributed by atoms with Crippen LogP contribution in [-0.2, 0) is 6.54 Å². The van der Waals surface area contributed by atoms with Gasteiger partial charge in [-0.15, -0.1) is 0 Å². The average molecular weight is 223 g/mol. The summed E-state index contributed by atoms with van der Waals surface area (Å²) in [5.74, 6) is 1.05. The number of rotatable bonds is 3. The molecule has 0 saturated carbocycles. The summed E-state index contributed by atoms with van der Waals surface area (Å²) in [5.41, 5.74) is 5.97. The van der Waals surface area contributed by atoms with Gasteiger partial charge in [0.1, 0.15) is 12.2 Å². The molecule has 1 aromatic rings. The highest BCUT2D eigenvalue weighted by molar-refractivity contribution is 4.88. The fourth-order valence-corrected chi connectivity index (χ4v) is 2.25. The second kappa shape index (κ2) is 4.93. The van der Waals surface area contributed by atoms with Crippen molar-refractivity contribution in [3.63, 3.8) is 0 Å². The first-order chi connectivity index (χ1) is 7.66. The molecule has 2 heterocycles. The van der Waals surface area contributed by atoms with Gasteiger partial charge in [-0.2, -0.15) is 5.10 Å². The van der Waals surface area contributed by atoms with Crippen LogP contribution in [0.5, 0.6) is 0 Å². The molecule has 1 atom stereocenters. The summed E-state index contributed by atoms with van der Waals surface area (Å²) < 4.78 is 1.99. The van der Waals surface area contributed by atoms with Crippen LogP contribution in [0.3, 0.4) is 0 Å². The van der Waals surface area contributed by atoms with Crippen LogP contribution in [-0.4, -0.2) is 38.8 Å². The molecule has 0 radical (unpaired) electrons. The van der Waals surface area contributed by atoms with Crippen molar-refractivity contribution in [2.45, 2.75) is 45.3 Å². The van der Waals surface area contributed by atoms with Crippen LogP contribution in [0.1, 0.15) is 38.6 Å². The van der Waals surface area contributed by atoms with Crippen LogP contribution >= 0.6 is 0 Å². The quantitative estimate of drug-likeness (QED) is 0.822. The summed E-state index contributed by atoms with van der Waals surface area (Å²) >= 11 is 0. The van der Waals surface area contributed by atoms with E-state index in [2.05, 4.69) is 28.8 Å². The first-order valence-electron chi connectivity index (χ1n) is 6.03. The number of nitrogens with zero attached hydrogens (tertiary/aromatic N) is 4. The van der Waals surface area contributed by atoms with Crippen LogP contribution < -0.4 is 5.73 Å². The lowest BCUT2D eigenvalue weighted by Gasteiger charge is -2.30. The molecule has 0 amide bonds. The van der Waals surface area contributed by atoms with Gasteiger partial charge >= 0.3 is 0 Å². The summed E-state index contributed by atoms with van der Waals surface area (Å²) in [6, 6.07) is 0.695. The minimum atomic E-state index is 0.323. The van der Waals surface area contributed by atoms with Crippen molar-refractivity contribution in [1.82, 2.24) is 19.7 Å². The summed E-state index contributed by atoms with van der Waals surface area (Å²) in [6.45, 7) is 7.22. The molecule has 0 aliphatic carbocycles. The third-order valence-corrected chi connectivity index (χ3v) is 3.04. The molecule has 1 aromatic heterocycles. The van der Waals surface area contributed by atoms with E-state index in [1.54, 1.807) is 6.33 Å². The lowest BCUT2D eigenvalue weighted by atomic mass is 10.1. The van der Waals surface area contributed by atoms with Crippen molar-refractivity contribution >= 4 is 0 Å². The molecule has 90 valence electrons. The Morgan fingerprint density at radius 2 is 2.38 bits per heavy atom. The number of nitrogens with two attached hydrogens (primary N) is 1. The van der Waals surface area contributed by atoms with E-state index in [1.165, 1.54) is 6.42 Å². The van der Waals surface area contributed by atoms with Crippen molar-refractivity contribution in [2.75, 3.05) is 13.1 Å². The topological polar surface area (TPSA) is 60.0 Å². The minimum absolute atomic E-state index is 0.323. The molecule has 0 spiro atoms. The monoisotopic (exact) mass is 223 g/mol. The van der Waals surface area contributed by atoms with Crippen LogP contribution in [0.15, 0.2) is 6.33 Å². The molecule has 0 aromatic carbocycles. The molecule has 2 N–H and O–H groups in total. The lowest BCUT2D eigenvalue weighted by Crippen LogP contribution is -2.42. The molecule has 1 aliphatic rings. The molecule has 2 rings (SSSR count). The van der Waals surface area contributed by atoms with Crippen molar-refractivity contribution in [1.29, 1.82) is 0 Å². The Kier molecular flexibility index (Phi) is 3.56. The molecule has 16 heavy (non-hydrogen) atoms. The largest absolute Gasteiger partial charge is 0.327 e. The first kappa shape index (κ1) is 11.5. The fourth-order valence-electron chi connectivity index (χ4n) is 2.25. The molecule has 1 aliphatic heterocycles. The Bertz CT molecular complexity index is 333. The number of hydrogen-bond acceptors (Lipinski definition) is 4. The smallest absolute Gasteiger partial charge is 0.141 e. The van der Waals surface area contributed by atoms with Crippen molar-refractivity contribution in [3.05, 3.63) is 12.2 Å². The molecule has 1 fully saturated rings. The molecule has 1 saturated heterocycles. The van der Waals surface area contributed by atoms with E-state index in [0.29, 0.717) is 12.1 Å². The number of likely N-dealkylation sites (tertiary alicyclic amines) is 1. The van der Waals surface area contributed by atoms with E-state index in [4.69, 9.17) is 5.73 Å². The van der Waals surface area contributed by atoms with E-state index in [9.17, 15) is 0 Å². The molecular weight excluding hydrogens is 202 g/mol. The zero-order valence-electron chi connectivity index (χ0n) is 10.1. The highest BCUT2D eigenvalue weighted by Crippen LogP contribution is 2.13. The lowest BCUT2D eigenvalue weighted by molar-refractivity contribution is 0.193. The molecule has 5 nitrogen and oxygen atoms in total. The normalized spacial score (nSPS) is 22.9. The standard InChI is InChI=1S/C11H21N5/c1-9(2)16-11(13-8-14-16)7-15-5-3-4-10(12)6-15/h8-10H,3-7,12H2,1-2H3/t10-/m1/s1. The molecule has 0 bridgehead atoms. The summed E-state index contributed by atoms with van der Waals surface area (Å²) in [4.78, 5) is 6.70. The predicted molar refractivity (Wildman–Crippen MR) is 62.9 cm³/mol. The van der Waals surface area contributed by atoms with E-state index < -0.39 is 0 Å². The van der Waals surface area contributed by atoms with E-state index in [-0.39, 0.29) is 0 Å². The molecule has 5 heteroatoms. The Hall–Kier alpha value is -0.940. The van der Waals surface area contributed by atoms with E-state index in [1.807, 2.05) is 4.68 Å².